The molecule has 0 aromatic rings. The second kappa shape index (κ2) is 4.91. The Balaban J connectivity index is 1.94. The van der Waals surface area contributed by atoms with E-state index in [2.05, 4.69) is 5.32 Å². The lowest BCUT2D eigenvalue weighted by atomic mass is 10.2. The van der Waals surface area contributed by atoms with Crippen molar-refractivity contribution in [2.45, 2.75) is 50.3 Å². The molecule has 3 N–H and O–H groups in total. The van der Waals surface area contributed by atoms with Gasteiger partial charge in [0.05, 0.1) is 6.10 Å². The number of hydrogen-bond acceptors (Lipinski definition) is 3. The van der Waals surface area contributed by atoms with Gasteiger partial charge in [-0.05, 0) is 12.8 Å². The quantitative estimate of drug-likeness (QED) is 0.643. The number of amides is 2. The Bertz CT molecular complexity index is 315. The molecule has 0 spiro atoms. The topological polar surface area (TPSA) is 89.9 Å². The van der Waals surface area contributed by atoms with Crippen molar-refractivity contribution in [3.63, 3.8) is 0 Å². The van der Waals surface area contributed by atoms with Crippen LogP contribution in [0.15, 0.2) is 0 Å². The van der Waals surface area contributed by atoms with Gasteiger partial charge in [-0.15, -0.1) is 0 Å². The van der Waals surface area contributed by atoms with Gasteiger partial charge >= 0.3 is 12.0 Å². The number of likely N-dealkylation sites (tertiary alicyclic amines) is 1. The van der Waals surface area contributed by atoms with E-state index in [9.17, 15) is 14.7 Å². The second-order valence-electron chi connectivity index (χ2n) is 4.83. The third-order valence-corrected chi connectivity index (χ3v) is 3.51. The summed E-state index contributed by atoms with van der Waals surface area (Å²) in [6.45, 7) is 0.107. The summed E-state index contributed by atoms with van der Waals surface area (Å²) in [5.74, 6) is -1.05. The van der Waals surface area contributed by atoms with Crippen molar-refractivity contribution < 1.29 is 19.8 Å². The maximum absolute atomic E-state index is 11.9. The number of carboxylic acid groups (broad SMARTS) is 1. The molecule has 0 aromatic carbocycles. The highest BCUT2D eigenvalue weighted by molar-refractivity contribution is 5.83. The number of aliphatic hydroxyl groups is 1. The predicted octanol–water partition coefficient (Wildman–Crippen LogP) is 0.158. The monoisotopic (exact) mass is 242 g/mol. The minimum Gasteiger partial charge on any atom is -0.480 e. The van der Waals surface area contributed by atoms with Crippen LogP contribution < -0.4 is 5.32 Å². The van der Waals surface area contributed by atoms with Crippen molar-refractivity contribution in [2.24, 2.45) is 0 Å². The van der Waals surface area contributed by atoms with E-state index in [0.717, 1.165) is 25.7 Å². The van der Waals surface area contributed by atoms with Crippen LogP contribution in [0.2, 0.25) is 0 Å². The van der Waals surface area contributed by atoms with Gasteiger partial charge < -0.3 is 20.4 Å². The molecule has 2 rings (SSSR count). The minimum absolute atomic E-state index is 0.107. The fraction of sp³-hybridized carbons (Fsp3) is 0.818. The van der Waals surface area contributed by atoms with Crippen LogP contribution in [0.25, 0.3) is 0 Å². The van der Waals surface area contributed by atoms with E-state index in [0.29, 0.717) is 0 Å². The smallest absolute Gasteiger partial charge is 0.326 e. The van der Waals surface area contributed by atoms with Gasteiger partial charge in [0.25, 0.3) is 0 Å². The molecule has 1 saturated carbocycles. The van der Waals surface area contributed by atoms with Gasteiger partial charge in [0.15, 0.2) is 0 Å². The van der Waals surface area contributed by atoms with E-state index in [1.807, 2.05) is 0 Å². The van der Waals surface area contributed by atoms with Crippen LogP contribution in [0.3, 0.4) is 0 Å². The van der Waals surface area contributed by atoms with Crippen molar-refractivity contribution in [3.8, 4) is 0 Å². The normalized spacial score (nSPS) is 29.6. The van der Waals surface area contributed by atoms with Crippen LogP contribution in [0, 0.1) is 0 Å². The largest absolute Gasteiger partial charge is 0.480 e. The molecule has 1 aliphatic heterocycles. The molecule has 1 aliphatic carbocycles. The number of carboxylic acids is 1. The third kappa shape index (κ3) is 2.69. The van der Waals surface area contributed by atoms with E-state index < -0.39 is 18.1 Å². The number of nitrogens with one attached hydrogen (secondary N) is 1. The molecular formula is C11H18N2O4. The third-order valence-electron chi connectivity index (χ3n) is 3.51. The van der Waals surface area contributed by atoms with Gasteiger partial charge in [-0.2, -0.15) is 0 Å². The number of hydrogen-bond donors (Lipinski definition) is 3. The Labute approximate surface area is 99.6 Å². The SMILES string of the molecule is O=C(O)[C@H]1C[C@@H](O)CN1C(=O)NC1CCCC1. The zero-order chi connectivity index (χ0) is 12.4. The van der Waals surface area contributed by atoms with Crippen molar-refractivity contribution in [3.05, 3.63) is 0 Å². The number of carbonyl (C=O) groups excluding carboxylic acids is 1. The molecule has 1 heterocycles. The van der Waals surface area contributed by atoms with Crippen LogP contribution >= 0.6 is 0 Å². The molecule has 17 heavy (non-hydrogen) atoms. The zero-order valence-corrected chi connectivity index (χ0v) is 9.63. The Morgan fingerprint density at radius 3 is 2.47 bits per heavy atom. The summed E-state index contributed by atoms with van der Waals surface area (Å²) in [5.41, 5.74) is 0. The summed E-state index contributed by atoms with van der Waals surface area (Å²) in [6.07, 6.45) is 3.52. The molecule has 2 atom stereocenters. The molecule has 2 aliphatic rings. The predicted molar refractivity (Wildman–Crippen MR) is 59.5 cm³/mol. The highest BCUT2D eigenvalue weighted by Gasteiger charge is 2.39. The lowest BCUT2D eigenvalue weighted by Gasteiger charge is -2.23. The number of carbonyl (C=O) groups is 2. The van der Waals surface area contributed by atoms with Gasteiger partial charge in [0, 0.05) is 19.0 Å². The average molecular weight is 242 g/mol. The molecule has 2 amide bonds. The van der Waals surface area contributed by atoms with Gasteiger partial charge in [0.2, 0.25) is 0 Å². The highest BCUT2D eigenvalue weighted by Crippen LogP contribution is 2.21. The Morgan fingerprint density at radius 1 is 1.24 bits per heavy atom. The first-order valence-corrected chi connectivity index (χ1v) is 6.06. The zero-order valence-electron chi connectivity index (χ0n) is 9.63. The molecule has 96 valence electrons. The minimum atomic E-state index is -1.05. The lowest BCUT2D eigenvalue weighted by molar-refractivity contribution is -0.141. The van der Waals surface area contributed by atoms with E-state index in [1.54, 1.807) is 0 Å². The van der Waals surface area contributed by atoms with Crippen molar-refractivity contribution >= 4 is 12.0 Å². The van der Waals surface area contributed by atoms with Gasteiger partial charge in [-0.25, -0.2) is 9.59 Å². The van der Waals surface area contributed by atoms with Crippen LogP contribution in [-0.2, 0) is 4.79 Å². The maximum atomic E-state index is 11.9. The summed E-state index contributed by atoms with van der Waals surface area (Å²) in [6, 6.07) is -1.10. The van der Waals surface area contributed by atoms with E-state index in [1.165, 1.54) is 4.90 Å². The van der Waals surface area contributed by atoms with Crippen LogP contribution in [-0.4, -0.2) is 51.8 Å². The Kier molecular flexibility index (Phi) is 3.51. The van der Waals surface area contributed by atoms with E-state index >= 15 is 0 Å². The van der Waals surface area contributed by atoms with Crippen molar-refractivity contribution in [2.75, 3.05) is 6.54 Å². The molecular weight excluding hydrogens is 224 g/mol. The lowest BCUT2D eigenvalue weighted by Crippen LogP contribution is -2.48. The van der Waals surface area contributed by atoms with Gasteiger partial charge in [-0.1, -0.05) is 12.8 Å². The molecule has 2 fully saturated rings. The number of urea groups is 1. The molecule has 0 radical (unpaired) electrons. The summed E-state index contributed by atoms with van der Waals surface area (Å²) >= 11 is 0. The van der Waals surface area contributed by atoms with Gasteiger partial charge in [-0.3, -0.25) is 0 Å². The summed E-state index contributed by atoms with van der Waals surface area (Å²) < 4.78 is 0. The van der Waals surface area contributed by atoms with E-state index in [-0.39, 0.29) is 25.0 Å². The summed E-state index contributed by atoms with van der Waals surface area (Å²) in [7, 11) is 0. The number of aliphatic carboxylic acids is 1. The molecule has 0 unspecified atom stereocenters. The maximum Gasteiger partial charge on any atom is 0.326 e. The van der Waals surface area contributed by atoms with Gasteiger partial charge in [0.1, 0.15) is 6.04 Å². The fourth-order valence-electron chi connectivity index (χ4n) is 2.60. The summed E-state index contributed by atoms with van der Waals surface area (Å²) in [5, 5.41) is 21.3. The first-order chi connectivity index (χ1) is 8.08. The molecule has 0 bridgehead atoms. The number of rotatable bonds is 2. The molecule has 6 heteroatoms. The average Bonchev–Trinajstić information content (AvgIpc) is 2.86. The molecule has 6 nitrogen and oxygen atoms in total. The standard InChI is InChI=1S/C11H18N2O4/c14-8-5-9(10(15)16)13(6-8)11(17)12-7-3-1-2-4-7/h7-9,14H,1-6H2,(H,12,17)(H,15,16)/t8-,9-/m1/s1. The highest BCUT2D eigenvalue weighted by atomic mass is 16.4. The number of aliphatic hydroxyl groups excluding tert-OH is 1. The first kappa shape index (κ1) is 12.2. The van der Waals surface area contributed by atoms with Crippen molar-refractivity contribution in [1.29, 1.82) is 0 Å². The van der Waals surface area contributed by atoms with Crippen LogP contribution in [0.1, 0.15) is 32.1 Å². The Hall–Kier alpha value is -1.30. The first-order valence-electron chi connectivity index (χ1n) is 6.06. The van der Waals surface area contributed by atoms with Crippen LogP contribution in [0.4, 0.5) is 4.79 Å². The second-order valence-corrected chi connectivity index (χ2v) is 4.83. The Morgan fingerprint density at radius 2 is 1.88 bits per heavy atom. The number of nitrogens with zero attached hydrogens (tertiary/aromatic N) is 1. The van der Waals surface area contributed by atoms with Crippen molar-refractivity contribution in [1.82, 2.24) is 10.2 Å². The molecule has 1 saturated heterocycles. The van der Waals surface area contributed by atoms with Crippen LogP contribution in [0.5, 0.6) is 0 Å². The summed E-state index contributed by atoms with van der Waals surface area (Å²) in [4.78, 5) is 24.1. The van der Waals surface area contributed by atoms with E-state index in [4.69, 9.17) is 5.11 Å². The molecule has 0 aromatic heterocycles. The number of β-amino-alcohol motifs (C(OH)–C–C–N with tert-alkyl or cyclic N) is 1. The fourth-order valence-corrected chi connectivity index (χ4v) is 2.60.